The number of imide groups is 1. The summed E-state index contributed by atoms with van der Waals surface area (Å²) in [5.41, 5.74) is 2.54. The third-order valence-electron chi connectivity index (χ3n) is 7.76. The Morgan fingerprint density at radius 2 is 1.39 bits per heavy atom. The van der Waals surface area contributed by atoms with E-state index < -0.39 is 21.1 Å². The summed E-state index contributed by atoms with van der Waals surface area (Å²) in [6.07, 6.45) is 13.4. The van der Waals surface area contributed by atoms with Crippen molar-refractivity contribution in [2.24, 2.45) is 0 Å². The quantitative estimate of drug-likeness (QED) is 0.143. The number of hydrogen-bond donors (Lipinski definition) is 0. The number of rotatable bonds is 14. The summed E-state index contributed by atoms with van der Waals surface area (Å²) in [5, 5.41) is 0.586. The SMILES string of the molecule is CCCC[C](CCCC)(CCCC)[Sn][c]1ccc(CN2C(=O)c3ccnc4c(OC)ccc(c34)C2=O)cc1. The molecule has 2 radical (unpaired) electrons. The predicted molar refractivity (Wildman–Crippen MR) is 156 cm³/mol. The summed E-state index contributed by atoms with van der Waals surface area (Å²) < 4.78 is 7.46. The molecule has 0 saturated carbocycles. The number of ether oxygens (including phenoxy) is 1. The van der Waals surface area contributed by atoms with Crippen molar-refractivity contribution < 1.29 is 14.3 Å². The number of nitrogens with zero attached hydrogens (tertiary/aromatic N) is 2. The van der Waals surface area contributed by atoms with Gasteiger partial charge in [0.2, 0.25) is 0 Å². The molecule has 200 valence electrons. The topological polar surface area (TPSA) is 59.5 Å². The fraction of sp³-hybridized carbons (Fsp3) is 0.469. The van der Waals surface area contributed by atoms with Crippen molar-refractivity contribution in [1.82, 2.24) is 9.88 Å². The van der Waals surface area contributed by atoms with Crippen molar-refractivity contribution in [1.29, 1.82) is 0 Å². The number of carbonyl (C=O) groups is 2. The summed E-state index contributed by atoms with van der Waals surface area (Å²) >= 11 is -0.821. The molecule has 0 unspecified atom stereocenters. The second kappa shape index (κ2) is 13.1. The zero-order valence-corrected chi connectivity index (χ0v) is 26.2. The second-order valence-corrected chi connectivity index (χ2v) is 15.9. The van der Waals surface area contributed by atoms with Crippen molar-refractivity contribution in [2.45, 2.75) is 88.5 Å². The first-order chi connectivity index (χ1) is 18.5. The average molecular weight is 619 g/mol. The van der Waals surface area contributed by atoms with Crippen molar-refractivity contribution in [3.63, 3.8) is 0 Å². The van der Waals surface area contributed by atoms with Gasteiger partial charge in [-0.1, -0.05) is 0 Å². The summed E-state index contributed by atoms with van der Waals surface area (Å²) in [6.45, 7) is 7.18. The van der Waals surface area contributed by atoms with Crippen LogP contribution < -0.4 is 8.32 Å². The normalized spacial score (nSPS) is 13.4. The Morgan fingerprint density at radius 3 is 1.95 bits per heavy atom. The van der Waals surface area contributed by atoms with Crippen LogP contribution in [-0.4, -0.2) is 50.0 Å². The first-order valence-electron chi connectivity index (χ1n) is 14.2. The molecule has 0 fully saturated rings. The van der Waals surface area contributed by atoms with E-state index in [0.717, 1.165) is 5.56 Å². The molecule has 1 aliphatic rings. The van der Waals surface area contributed by atoms with Crippen molar-refractivity contribution >= 4 is 47.4 Å². The number of hydrogen-bond acceptors (Lipinski definition) is 4. The third kappa shape index (κ3) is 6.08. The van der Waals surface area contributed by atoms with E-state index in [1.54, 1.807) is 31.5 Å². The number of amides is 2. The first-order valence-corrected chi connectivity index (χ1v) is 17.0. The van der Waals surface area contributed by atoms with Gasteiger partial charge < -0.3 is 0 Å². The van der Waals surface area contributed by atoms with Gasteiger partial charge in [-0.15, -0.1) is 0 Å². The number of benzene rings is 2. The molecular weight excluding hydrogens is 579 g/mol. The molecule has 0 saturated heterocycles. The molecule has 3 aromatic rings. The maximum atomic E-state index is 13.4. The Morgan fingerprint density at radius 1 is 0.816 bits per heavy atom. The van der Waals surface area contributed by atoms with Gasteiger partial charge in [0.15, 0.2) is 0 Å². The molecule has 4 rings (SSSR count). The molecular formula is C32H40N2O3Sn. The minimum absolute atomic E-state index is 0.269. The number of unbranched alkanes of at least 4 members (excludes halogenated alkanes) is 3. The van der Waals surface area contributed by atoms with Gasteiger partial charge in [-0.2, -0.15) is 0 Å². The van der Waals surface area contributed by atoms with Gasteiger partial charge in [0.05, 0.1) is 7.11 Å². The molecule has 0 atom stereocenters. The van der Waals surface area contributed by atoms with Gasteiger partial charge in [-0.3, -0.25) is 0 Å². The number of pyridine rings is 1. The van der Waals surface area contributed by atoms with E-state index in [4.69, 9.17) is 4.74 Å². The van der Waals surface area contributed by atoms with E-state index in [2.05, 4.69) is 50.0 Å². The summed E-state index contributed by atoms with van der Waals surface area (Å²) in [7, 11) is 1.57. The minimum atomic E-state index is -0.821. The molecule has 0 spiro atoms. The number of aromatic nitrogens is 1. The van der Waals surface area contributed by atoms with Crippen LogP contribution in [0.4, 0.5) is 0 Å². The van der Waals surface area contributed by atoms with Crippen LogP contribution in [0.15, 0.2) is 48.7 Å². The molecule has 0 aliphatic carbocycles. The van der Waals surface area contributed by atoms with Gasteiger partial charge >= 0.3 is 231 Å². The van der Waals surface area contributed by atoms with Crippen LogP contribution in [0.1, 0.15) is 105 Å². The van der Waals surface area contributed by atoms with Crippen LogP contribution in [0, 0.1) is 0 Å². The Balaban J connectivity index is 1.55. The van der Waals surface area contributed by atoms with Gasteiger partial charge in [-0.05, 0) is 0 Å². The molecule has 2 amide bonds. The van der Waals surface area contributed by atoms with Crippen molar-refractivity contribution in [2.75, 3.05) is 7.11 Å². The van der Waals surface area contributed by atoms with Crippen molar-refractivity contribution in [3.05, 3.63) is 65.4 Å². The monoisotopic (exact) mass is 620 g/mol. The summed E-state index contributed by atoms with van der Waals surface area (Å²) in [6, 6.07) is 14.0. The molecule has 1 aliphatic heterocycles. The molecule has 38 heavy (non-hydrogen) atoms. The van der Waals surface area contributed by atoms with Gasteiger partial charge in [0.1, 0.15) is 0 Å². The Bertz CT molecular complexity index is 1230. The Hall–Kier alpha value is -2.41. The summed E-state index contributed by atoms with van der Waals surface area (Å²) in [5.74, 6) is 0.0102. The average Bonchev–Trinajstić information content (AvgIpc) is 2.95. The van der Waals surface area contributed by atoms with Gasteiger partial charge in [0, 0.05) is 0 Å². The number of methoxy groups -OCH3 is 1. The van der Waals surface area contributed by atoms with Crippen LogP contribution in [0.5, 0.6) is 5.75 Å². The fourth-order valence-electron chi connectivity index (χ4n) is 5.58. The van der Waals surface area contributed by atoms with Crippen LogP contribution in [-0.2, 0) is 6.54 Å². The standard InChI is InChI=1S/C19H13N2O3.C13H27.Sn/c1-24-15-8-7-13-16-14(9-10-20-17(15)16)19(23)21(18(13)22)11-12-5-3-2-4-6-12;1-4-7-10-13(11-8-5-2)12-9-6-3;/h3-10H,11H2,1H3;4-12H2,1-3H3;. The van der Waals surface area contributed by atoms with Crippen LogP contribution in [0.2, 0.25) is 3.43 Å². The van der Waals surface area contributed by atoms with Crippen LogP contribution >= 0.6 is 0 Å². The van der Waals surface area contributed by atoms with E-state index in [-0.39, 0.29) is 18.4 Å². The third-order valence-corrected chi connectivity index (χ3v) is 13.2. The molecule has 2 heterocycles. The zero-order chi connectivity index (χ0) is 27.1. The van der Waals surface area contributed by atoms with Crippen LogP contribution in [0.3, 0.4) is 0 Å². The second-order valence-electron chi connectivity index (χ2n) is 10.5. The maximum absolute atomic E-state index is 13.4. The predicted octanol–water partition coefficient (Wildman–Crippen LogP) is 7.10. The van der Waals surface area contributed by atoms with Gasteiger partial charge in [-0.25, -0.2) is 0 Å². The molecule has 0 bridgehead atoms. The fourth-order valence-corrected chi connectivity index (χ4v) is 10.9. The zero-order valence-electron chi connectivity index (χ0n) is 23.3. The van der Waals surface area contributed by atoms with E-state index >= 15 is 0 Å². The van der Waals surface area contributed by atoms with E-state index in [0.29, 0.717) is 31.2 Å². The molecule has 0 N–H and O–H groups in total. The van der Waals surface area contributed by atoms with E-state index in [1.165, 1.54) is 66.3 Å². The van der Waals surface area contributed by atoms with E-state index in [1.807, 2.05) is 0 Å². The molecule has 5 nitrogen and oxygen atoms in total. The molecule has 2 aromatic carbocycles. The van der Waals surface area contributed by atoms with Crippen LogP contribution in [0.25, 0.3) is 10.9 Å². The first kappa shape index (κ1) is 28.6. The Labute approximate surface area is 237 Å². The van der Waals surface area contributed by atoms with Gasteiger partial charge in [0.25, 0.3) is 0 Å². The summed E-state index contributed by atoms with van der Waals surface area (Å²) in [4.78, 5) is 32.6. The Kier molecular flexibility index (Phi) is 9.85. The molecule has 1 aromatic heterocycles. The van der Waals surface area contributed by atoms with E-state index in [9.17, 15) is 9.59 Å². The number of carbonyl (C=O) groups excluding carboxylic acids is 2. The molecule has 6 heteroatoms. The van der Waals surface area contributed by atoms with Crippen molar-refractivity contribution in [3.8, 4) is 5.75 Å².